The van der Waals surface area contributed by atoms with E-state index >= 15 is 0 Å². The third kappa shape index (κ3) is 4.85. The summed E-state index contributed by atoms with van der Waals surface area (Å²) in [7, 11) is 1.89. The van der Waals surface area contributed by atoms with Crippen molar-refractivity contribution < 1.29 is 9.53 Å². The lowest BCUT2D eigenvalue weighted by Crippen LogP contribution is -2.24. The molecule has 0 aliphatic carbocycles. The van der Waals surface area contributed by atoms with E-state index in [1.807, 2.05) is 26.2 Å². The van der Waals surface area contributed by atoms with E-state index in [-0.39, 0.29) is 11.8 Å². The number of carbonyl (C=O) groups is 1. The number of aromatic nitrogens is 4. The van der Waals surface area contributed by atoms with Gasteiger partial charge in [-0.15, -0.1) is 0 Å². The normalized spacial score (nSPS) is 17.4. The molecular weight excluding hydrogens is 318 g/mol. The zero-order valence-electron chi connectivity index (χ0n) is 14.9. The highest BCUT2D eigenvalue weighted by Crippen LogP contribution is 2.22. The van der Waals surface area contributed by atoms with Gasteiger partial charge in [0.25, 0.3) is 0 Å². The predicted octanol–water partition coefficient (Wildman–Crippen LogP) is 1.66. The minimum atomic E-state index is 0.0180. The topological polar surface area (TPSA) is 81.9 Å². The molecule has 0 radical (unpaired) electrons. The van der Waals surface area contributed by atoms with E-state index in [9.17, 15) is 4.79 Å². The van der Waals surface area contributed by atoms with Crippen LogP contribution in [-0.4, -0.2) is 38.9 Å². The maximum Gasteiger partial charge on any atom is 0.220 e. The van der Waals surface area contributed by atoms with Crippen LogP contribution in [0, 0.1) is 6.92 Å². The molecule has 2 aromatic rings. The Morgan fingerprint density at radius 1 is 1.48 bits per heavy atom. The number of ether oxygens (including phenoxy) is 1. The van der Waals surface area contributed by atoms with Gasteiger partial charge in [0.15, 0.2) is 0 Å². The number of aryl methyl sites for hydroxylation is 3. The quantitative estimate of drug-likeness (QED) is 0.863. The molecule has 0 aromatic carbocycles. The summed E-state index contributed by atoms with van der Waals surface area (Å²) in [4.78, 5) is 21.0. The Balaban J connectivity index is 1.49. The number of carbonyl (C=O) groups excluding carboxylic acids is 1. The molecule has 0 spiro atoms. The summed E-state index contributed by atoms with van der Waals surface area (Å²) in [5.74, 6) is 1.10. The molecule has 1 saturated heterocycles. The van der Waals surface area contributed by atoms with Gasteiger partial charge in [0.1, 0.15) is 5.82 Å². The van der Waals surface area contributed by atoms with Crippen LogP contribution < -0.4 is 5.32 Å². The number of amides is 1. The SMILES string of the molecule is Cc1nn(C)cc1CCC(=O)NCc1ccnc([C@H]2CCCOC2)n1. The highest BCUT2D eigenvalue weighted by molar-refractivity contribution is 5.76. The van der Waals surface area contributed by atoms with Gasteiger partial charge in [-0.1, -0.05) is 0 Å². The smallest absolute Gasteiger partial charge is 0.220 e. The third-order valence-electron chi connectivity index (χ3n) is 4.46. The van der Waals surface area contributed by atoms with Gasteiger partial charge >= 0.3 is 0 Å². The average molecular weight is 343 g/mol. The first kappa shape index (κ1) is 17.5. The molecule has 134 valence electrons. The first-order valence-corrected chi connectivity index (χ1v) is 8.77. The van der Waals surface area contributed by atoms with Crippen LogP contribution in [0.15, 0.2) is 18.5 Å². The largest absolute Gasteiger partial charge is 0.381 e. The third-order valence-corrected chi connectivity index (χ3v) is 4.46. The van der Waals surface area contributed by atoms with Gasteiger partial charge in [-0.3, -0.25) is 9.48 Å². The number of hydrogen-bond acceptors (Lipinski definition) is 5. The standard InChI is InChI=1S/C18H25N5O2/c1-13-14(11-23(2)22-13)5-6-17(24)20-10-16-7-8-19-18(21-16)15-4-3-9-25-12-15/h7-8,11,15H,3-6,9-10,12H2,1-2H3,(H,20,24)/t15-/m0/s1. The van der Waals surface area contributed by atoms with Gasteiger partial charge < -0.3 is 10.1 Å². The summed E-state index contributed by atoms with van der Waals surface area (Å²) >= 11 is 0. The van der Waals surface area contributed by atoms with Crippen LogP contribution in [0.4, 0.5) is 0 Å². The molecule has 1 aliphatic rings. The zero-order valence-corrected chi connectivity index (χ0v) is 14.9. The molecule has 7 nitrogen and oxygen atoms in total. The van der Waals surface area contributed by atoms with E-state index < -0.39 is 0 Å². The van der Waals surface area contributed by atoms with Crippen molar-refractivity contribution in [2.45, 2.75) is 45.1 Å². The average Bonchev–Trinajstić information content (AvgIpc) is 2.96. The van der Waals surface area contributed by atoms with E-state index in [0.29, 0.717) is 26.0 Å². The summed E-state index contributed by atoms with van der Waals surface area (Å²) in [5, 5.41) is 7.23. The number of hydrogen-bond donors (Lipinski definition) is 1. The second-order valence-electron chi connectivity index (χ2n) is 6.51. The zero-order chi connectivity index (χ0) is 17.6. The summed E-state index contributed by atoms with van der Waals surface area (Å²) in [6, 6.07) is 1.85. The molecule has 0 saturated carbocycles. The minimum absolute atomic E-state index is 0.0180. The molecule has 3 heterocycles. The van der Waals surface area contributed by atoms with Crippen molar-refractivity contribution in [3.05, 3.63) is 41.2 Å². The molecule has 1 fully saturated rings. The van der Waals surface area contributed by atoms with Crippen LogP contribution in [0.25, 0.3) is 0 Å². The minimum Gasteiger partial charge on any atom is -0.381 e. The van der Waals surface area contributed by atoms with Gasteiger partial charge in [-0.2, -0.15) is 5.10 Å². The highest BCUT2D eigenvalue weighted by atomic mass is 16.5. The summed E-state index contributed by atoms with van der Waals surface area (Å²) < 4.78 is 7.28. The second kappa shape index (κ2) is 8.20. The van der Waals surface area contributed by atoms with E-state index in [4.69, 9.17) is 4.74 Å². The monoisotopic (exact) mass is 343 g/mol. The molecule has 1 amide bonds. The molecule has 3 rings (SSSR count). The maximum atomic E-state index is 12.1. The first-order chi connectivity index (χ1) is 12.1. The second-order valence-corrected chi connectivity index (χ2v) is 6.51. The maximum absolute atomic E-state index is 12.1. The summed E-state index contributed by atoms with van der Waals surface area (Å²) in [6.07, 6.45) is 6.97. The fraction of sp³-hybridized carbons (Fsp3) is 0.556. The number of nitrogens with zero attached hydrogens (tertiary/aromatic N) is 4. The van der Waals surface area contributed by atoms with Crippen molar-refractivity contribution in [3.8, 4) is 0 Å². The summed E-state index contributed by atoms with van der Waals surface area (Å²) in [6.45, 7) is 3.89. The van der Waals surface area contributed by atoms with Gasteiger partial charge in [-0.25, -0.2) is 9.97 Å². The van der Waals surface area contributed by atoms with Crippen molar-refractivity contribution in [1.29, 1.82) is 0 Å². The Kier molecular flexibility index (Phi) is 5.75. The fourth-order valence-corrected chi connectivity index (χ4v) is 3.07. The van der Waals surface area contributed by atoms with Crippen LogP contribution in [0.3, 0.4) is 0 Å². The van der Waals surface area contributed by atoms with Crippen LogP contribution in [0.1, 0.15) is 48.0 Å². The van der Waals surface area contributed by atoms with Gasteiger partial charge in [-0.05, 0) is 37.8 Å². The fourth-order valence-electron chi connectivity index (χ4n) is 3.07. The Bertz CT molecular complexity index is 722. The lowest BCUT2D eigenvalue weighted by Gasteiger charge is -2.20. The van der Waals surface area contributed by atoms with Gasteiger partial charge in [0.05, 0.1) is 24.5 Å². The molecule has 7 heteroatoms. The molecule has 0 unspecified atom stereocenters. The van der Waals surface area contributed by atoms with Crippen molar-refractivity contribution >= 4 is 5.91 Å². The lowest BCUT2D eigenvalue weighted by atomic mass is 10.0. The van der Waals surface area contributed by atoms with Gasteiger partial charge in [0, 0.05) is 38.4 Å². The molecule has 1 N–H and O–H groups in total. The number of rotatable bonds is 6. The lowest BCUT2D eigenvalue weighted by molar-refractivity contribution is -0.121. The van der Waals surface area contributed by atoms with Crippen molar-refractivity contribution in [3.63, 3.8) is 0 Å². The molecule has 25 heavy (non-hydrogen) atoms. The Hall–Kier alpha value is -2.28. The van der Waals surface area contributed by atoms with Crippen LogP contribution in [-0.2, 0) is 29.5 Å². The number of nitrogens with one attached hydrogen (secondary N) is 1. The van der Waals surface area contributed by atoms with Crippen molar-refractivity contribution in [2.75, 3.05) is 13.2 Å². The molecule has 1 atom stereocenters. The van der Waals surface area contributed by atoms with Crippen LogP contribution in [0.2, 0.25) is 0 Å². The molecular formula is C18H25N5O2. The van der Waals surface area contributed by atoms with Crippen molar-refractivity contribution in [1.82, 2.24) is 25.1 Å². The van der Waals surface area contributed by atoms with E-state index in [2.05, 4.69) is 20.4 Å². The molecule has 2 aromatic heterocycles. The van der Waals surface area contributed by atoms with E-state index in [0.717, 1.165) is 42.2 Å². The van der Waals surface area contributed by atoms with Crippen LogP contribution in [0.5, 0.6) is 0 Å². The predicted molar refractivity (Wildman–Crippen MR) is 92.9 cm³/mol. The first-order valence-electron chi connectivity index (χ1n) is 8.77. The Morgan fingerprint density at radius 3 is 3.08 bits per heavy atom. The molecule has 0 bridgehead atoms. The van der Waals surface area contributed by atoms with Crippen molar-refractivity contribution in [2.24, 2.45) is 7.05 Å². The molecule has 1 aliphatic heterocycles. The summed E-state index contributed by atoms with van der Waals surface area (Å²) in [5.41, 5.74) is 2.92. The van der Waals surface area contributed by atoms with E-state index in [1.54, 1.807) is 10.9 Å². The Labute approximate surface area is 147 Å². The Morgan fingerprint density at radius 2 is 2.36 bits per heavy atom. The van der Waals surface area contributed by atoms with Gasteiger partial charge in [0.2, 0.25) is 5.91 Å². The van der Waals surface area contributed by atoms with Crippen LogP contribution >= 0.6 is 0 Å². The van der Waals surface area contributed by atoms with E-state index in [1.165, 1.54) is 0 Å². The highest BCUT2D eigenvalue weighted by Gasteiger charge is 2.19.